The Morgan fingerprint density at radius 2 is 2.00 bits per heavy atom. The summed E-state index contributed by atoms with van der Waals surface area (Å²) in [5.41, 5.74) is 1.72. The number of rotatable bonds is 9. The molecule has 5 nitrogen and oxygen atoms in total. The molecule has 2 aromatic rings. The molecule has 0 saturated carbocycles. The van der Waals surface area contributed by atoms with Crippen molar-refractivity contribution in [3.63, 3.8) is 0 Å². The van der Waals surface area contributed by atoms with E-state index in [2.05, 4.69) is 10.6 Å². The first-order valence-electron chi connectivity index (χ1n) is 8.60. The maximum Gasteiger partial charge on any atom is 0.238 e. The van der Waals surface area contributed by atoms with Crippen LogP contribution in [0.4, 0.5) is 5.69 Å². The lowest BCUT2D eigenvalue weighted by Crippen LogP contribution is -2.38. The summed E-state index contributed by atoms with van der Waals surface area (Å²) in [7, 11) is 0. The Morgan fingerprint density at radius 3 is 2.72 bits per heavy atom. The number of hydrogen-bond donors (Lipinski definition) is 3. The van der Waals surface area contributed by atoms with E-state index >= 15 is 0 Å². The van der Waals surface area contributed by atoms with E-state index in [-0.39, 0.29) is 25.1 Å². The molecule has 3 N–H and O–H groups in total. The van der Waals surface area contributed by atoms with E-state index in [0.717, 1.165) is 24.2 Å². The van der Waals surface area contributed by atoms with Gasteiger partial charge < -0.3 is 20.5 Å². The zero-order valence-corrected chi connectivity index (χ0v) is 14.8. The van der Waals surface area contributed by atoms with Gasteiger partial charge in [0.1, 0.15) is 5.75 Å². The summed E-state index contributed by atoms with van der Waals surface area (Å²) < 4.78 is 5.90. The lowest BCUT2D eigenvalue weighted by molar-refractivity contribution is -0.115. The standard InChI is InChI=1S/C20H26N2O3/c1-3-7-16(14-23)21-13-20(24)22-18-10-4-5-11-19(18)25-17-9-6-8-15(2)12-17/h4-6,8-12,16,21,23H,3,7,13-14H2,1-2H3,(H,22,24)/t16-/m0/s1. The molecular weight excluding hydrogens is 316 g/mol. The van der Waals surface area contributed by atoms with Gasteiger partial charge in [0, 0.05) is 6.04 Å². The monoisotopic (exact) mass is 342 g/mol. The fourth-order valence-corrected chi connectivity index (χ4v) is 2.50. The number of carbonyl (C=O) groups excluding carboxylic acids is 1. The Labute approximate surface area is 149 Å². The van der Waals surface area contributed by atoms with Crippen LogP contribution in [0.3, 0.4) is 0 Å². The molecule has 25 heavy (non-hydrogen) atoms. The molecule has 2 rings (SSSR count). The van der Waals surface area contributed by atoms with Gasteiger partial charge in [0.15, 0.2) is 5.75 Å². The zero-order valence-electron chi connectivity index (χ0n) is 14.8. The first kappa shape index (κ1) is 19.0. The highest BCUT2D eigenvalue weighted by Gasteiger charge is 2.11. The molecule has 0 fully saturated rings. The van der Waals surface area contributed by atoms with Crippen LogP contribution in [-0.2, 0) is 4.79 Å². The van der Waals surface area contributed by atoms with Crippen LogP contribution in [0.1, 0.15) is 25.3 Å². The number of ether oxygens (including phenoxy) is 1. The summed E-state index contributed by atoms with van der Waals surface area (Å²) in [6.45, 7) is 4.21. The van der Waals surface area contributed by atoms with Gasteiger partial charge >= 0.3 is 0 Å². The van der Waals surface area contributed by atoms with Crippen LogP contribution in [0.5, 0.6) is 11.5 Å². The highest BCUT2D eigenvalue weighted by molar-refractivity contribution is 5.93. The van der Waals surface area contributed by atoms with Crippen LogP contribution in [0, 0.1) is 6.92 Å². The molecular formula is C20H26N2O3. The number of anilines is 1. The topological polar surface area (TPSA) is 70.6 Å². The van der Waals surface area contributed by atoms with Crippen molar-refractivity contribution >= 4 is 11.6 Å². The lowest BCUT2D eigenvalue weighted by atomic mass is 10.2. The molecule has 0 radical (unpaired) electrons. The molecule has 0 unspecified atom stereocenters. The minimum atomic E-state index is -0.171. The first-order valence-corrected chi connectivity index (χ1v) is 8.60. The molecule has 0 heterocycles. The average molecular weight is 342 g/mol. The smallest absolute Gasteiger partial charge is 0.238 e. The van der Waals surface area contributed by atoms with Gasteiger partial charge in [0.05, 0.1) is 18.8 Å². The van der Waals surface area contributed by atoms with E-state index in [1.807, 2.05) is 56.3 Å². The van der Waals surface area contributed by atoms with Gasteiger partial charge in [-0.05, 0) is 43.2 Å². The molecule has 5 heteroatoms. The number of aliphatic hydroxyl groups excluding tert-OH is 1. The number of para-hydroxylation sites is 2. The number of hydrogen-bond acceptors (Lipinski definition) is 4. The molecule has 0 bridgehead atoms. The van der Waals surface area contributed by atoms with Crippen LogP contribution in [0.15, 0.2) is 48.5 Å². The fraction of sp³-hybridized carbons (Fsp3) is 0.350. The normalized spacial score (nSPS) is 11.8. The van der Waals surface area contributed by atoms with Gasteiger partial charge in [0.25, 0.3) is 0 Å². The fourth-order valence-electron chi connectivity index (χ4n) is 2.50. The second kappa shape index (κ2) is 9.81. The third kappa shape index (κ3) is 6.21. The van der Waals surface area contributed by atoms with Gasteiger partial charge in [-0.2, -0.15) is 0 Å². The Bertz CT molecular complexity index is 688. The molecule has 0 spiro atoms. The average Bonchev–Trinajstić information content (AvgIpc) is 2.60. The lowest BCUT2D eigenvalue weighted by Gasteiger charge is -2.16. The van der Waals surface area contributed by atoms with Crippen molar-refractivity contribution < 1.29 is 14.6 Å². The second-order valence-corrected chi connectivity index (χ2v) is 6.01. The van der Waals surface area contributed by atoms with Crippen LogP contribution in [0.2, 0.25) is 0 Å². The number of benzene rings is 2. The predicted molar refractivity (Wildman–Crippen MR) is 100 cm³/mol. The Morgan fingerprint density at radius 1 is 1.20 bits per heavy atom. The maximum atomic E-state index is 12.2. The molecule has 0 saturated heterocycles. The predicted octanol–water partition coefficient (Wildman–Crippen LogP) is 3.48. The van der Waals surface area contributed by atoms with Crippen LogP contribution < -0.4 is 15.4 Å². The summed E-state index contributed by atoms with van der Waals surface area (Å²) in [5.74, 6) is 1.15. The van der Waals surface area contributed by atoms with Crippen molar-refractivity contribution in [1.29, 1.82) is 0 Å². The van der Waals surface area contributed by atoms with E-state index in [0.29, 0.717) is 11.4 Å². The van der Waals surface area contributed by atoms with Crippen LogP contribution >= 0.6 is 0 Å². The largest absolute Gasteiger partial charge is 0.455 e. The zero-order chi connectivity index (χ0) is 18.1. The summed E-state index contributed by atoms with van der Waals surface area (Å²) in [4.78, 5) is 12.2. The third-order valence-electron chi connectivity index (χ3n) is 3.79. The Kier molecular flexibility index (Phi) is 7.44. The molecule has 1 amide bonds. The minimum Gasteiger partial charge on any atom is -0.455 e. The molecule has 0 aromatic heterocycles. The van der Waals surface area contributed by atoms with Crippen LogP contribution in [0.25, 0.3) is 0 Å². The molecule has 1 atom stereocenters. The molecule has 0 aliphatic carbocycles. The summed E-state index contributed by atoms with van der Waals surface area (Å²) in [6.07, 6.45) is 1.78. The van der Waals surface area contributed by atoms with E-state index in [9.17, 15) is 9.90 Å². The van der Waals surface area contributed by atoms with Crippen molar-refractivity contribution in [2.75, 3.05) is 18.5 Å². The SMILES string of the molecule is CCC[C@@H](CO)NCC(=O)Nc1ccccc1Oc1cccc(C)c1. The first-order chi connectivity index (χ1) is 12.1. The highest BCUT2D eigenvalue weighted by atomic mass is 16.5. The number of nitrogens with one attached hydrogen (secondary N) is 2. The quantitative estimate of drug-likeness (QED) is 0.652. The number of amides is 1. The van der Waals surface area contributed by atoms with Crippen molar-refractivity contribution in [2.24, 2.45) is 0 Å². The third-order valence-corrected chi connectivity index (χ3v) is 3.79. The highest BCUT2D eigenvalue weighted by Crippen LogP contribution is 2.29. The Hall–Kier alpha value is -2.37. The second-order valence-electron chi connectivity index (χ2n) is 6.01. The van der Waals surface area contributed by atoms with Gasteiger partial charge in [-0.1, -0.05) is 37.6 Å². The molecule has 2 aromatic carbocycles. The van der Waals surface area contributed by atoms with E-state index in [1.165, 1.54) is 0 Å². The molecule has 134 valence electrons. The maximum absolute atomic E-state index is 12.2. The molecule has 0 aliphatic rings. The molecule has 0 aliphatic heterocycles. The Balaban J connectivity index is 1.99. The number of carbonyl (C=O) groups is 1. The van der Waals surface area contributed by atoms with Gasteiger partial charge in [0.2, 0.25) is 5.91 Å². The van der Waals surface area contributed by atoms with Gasteiger partial charge in [-0.3, -0.25) is 4.79 Å². The van der Waals surface area contributed by atoms with Crippen molar-refractivity contribution in [3.05, 3.63) is 54.1 Å². The summed E-state index contributed by atoms with van der Waals surface area (Å²) in [5, 5.41) is 15.2. The van der Waals surface area contributed by atoms with Crippen LogP contribution in [-0.4, -0.2) is 30.2 Å². The number of aliphatic hydroxyl groups is 1. The number of aryl methyl sites for hydroxylation is 1. The van der Waals surface area contributed by atoms with E-state index in [4.69, 9.17) is 4.74 Å². The van der Waals surface area contributed by atoms with Crippen molar-refractivity contribution in [2.45, 2.75) is 32.7 Å². The van der Waals surface area contributed by atoms with Crippen molar-refractivity contribution in [3.8, 4) is 11.5 Å². The summed E-state index contributed by atoms with van der Waals surface area (Å²) in [6, 6.07) is 15.0. The van der Waals surface area contributed by atoms with Gasteiger partial charge in [-0.15, -0.1) is 0 Å². The minimum absolute atomic E-state index is 0.0220. The summed E-state index contributed by atoms with van der Waals surface area (Å²) >= 11 is 0. The van der Waals surface area contributed by atoms with E-state index in [1.54, 1.807) is 6.07 Å². The van der Waals surface area contributed by atoms with E-state index < -0.39 is 0 Å². The van der Waals surface area contributed by atoms with Gasteiger partial charge in [-0.25, -0.2) is 0 Å². The van der Waals surface area contributed by atoms with Crippen molar-refractivity contribution in [1.82, 2.24) is 5.32 Å².